The molecule has 108 valence electrons. The van der Waals surface area contributed by atoms with Gasteiger partial charge in [0.15, 0.2) is 0 Å². The van der Waals surface area contributed by atoms with Gasteiger partial charge in [0.05, 0.1) is 17.2 Å². The van der Waals surface area contributed by atoms with Crippen LogP contribution in [0.4, 0.5) is 5.69 Å². The summed E-state index contributed by atoms with van der Waals surface area (Å²) in [6.07, 6.45) is 2.25. The zero-order valence-corrected chi connectivity index (χ0v) is 14.0. The molecule has 1 heterocycles. The topological polar surface area (TPSA) is 21.3 Å². The Balaban J connectivity index is 0.000000861. The van der Waals surface area contributed by atoms with Crippen LogP contribution in [0, 0.1) is 0 Å². The minimum atomic E-state index is 0.130. The Labute approximate surface area is 126 Å². The molecule has 0 amide bonds. The van der Waals surface area contributed by atoms with E-state index in [0.29, 0.717) is 5.37 Å². The standard InChI is InChI=1S/C13H18ClNOS.C2H6/c1-4-5-11(16-3)10-6-9(14)7-12-13(10)15-8(2)17-12;1-2/h6-8,11,15H,4-5H2,1-3H3;1-2H3. The Bertz CT molecular complexity index is 411. The number of hydrogen-bond acceptors (Lipinski definition) is 3. The van der Waals surface area contributed by atoms with Crippen molar-refractivity contribution < 1.29 is 4.74 Å². The van der Waals surface area contributed by atoms with Crippen molar-refractivity contribution in [2.24, 2.45) is 0 Å². The molecule has 0 spiro atoms. The van der Waals surface area contributed by atoms with E-state index < -0.39 is 0 Å². The molecule has 19 heavy (non-hydrogen) atoms. The first-order valence-corrected chi connectivity index (χ1v) is 8.21. The molecule has 1 aromatic carbocycles. The molecule has 0 fully saturated rings. The fourth-order valence-corrected chi connectivity index (χ4v) is 3.53. The highest BCUT2D eigenvalue weighted by atomic mass is 35.5. The lowest BCUT2D eigenvalue weighted by Gasteiger charge is -2.19. The summed E-state index contributed by atoms with van der Waals surface area (Å²) in [5, 5.41) is 4.69. The van der Waals surface area contributed by atoms with Crippen LogP contribution in [0.15, 0.2) is 17.0 Å². The van der Waals surface area contributed by atoms with Gasteiger partial charge in [-0.3, -0.25) is 0 Å². The number of nitrogens with one attached hydrogen (secondary N) is 1. The molecule has 1 aliphatic heterocycles. The fourth-order valence-electron chi connectivity index (χ4n) is 2.19. The predicted octanol–water partition coefficient (Wildman–Crippen LogP) is 5.72. The Morgan fingerprint density at radius 2 is 2.11 bits per heavy atom. The Morgan fingerprint density at radius 1 is 1.42 bits per heavy atom. The summed E-state index contributed by atoms with van der Waals surface area (Å²) in [5.41, 5.74) is 2.39. The van der Waals surface area contributed by atoms with E-state index in [4.69, 9.17) is 16.3 Å². The highest BCUT2D eigenvalue weighted by Crippen LogP contribution is 2.45. The fraction of sp³-hybridized carbons (Fsp3) is 0.600. The maximum Gasteiger partial charge on any atom is 0.0841 e. The van der Waals surface area contributed by atoms with E-state index in [1.165, 1.54) is 16.1 Å². The second-order valence-corrected chi connectivity index (χ2v) is 6.10. The van der Waals surface area contributed by atoms with Gasteiger partial charge in [-0.05, 0) is 25.5 Å². The molecule has 2 rings (SSSR count). The van der Waals surface area contributed by atoms with Crippen LogP contribution in [-0.4, -0.2) is 12.5 Å². The van der Waals surface area contributed by atoms with Gasteiger partial charge in [0.25, 0.3) is 0 Å². The summed E-state index contributed by atoms with van der Waals surface area (Å²) in [7, 11) is 1.76. The molecule has 4 heteroatoms. The van der Waals surface area contributed by atoms with Crippen LogP contribution in [0.3, 0.4) is 0 Å². The van der Waals surface area contributed by atoms with E-state index in [2.05, 4.69) is 19.2 Å². The summed E-state index contributed by atoms with van der Waals surface area (Å²) in [6.45, 7) is 8.32. The zero-order chi connectivity index (χ0) is 14.4. The number of halogens is 1. The largest absolute Gasteiger partial charge is 0.377 e. The smallest absolute Gasteiger partial charge is 0.0841 e. The molecular formula is C15H24ClNOS. The number of fused-ring (bicyclic) bond motifs is 1. The zero-order valence-electron chi connectivity index (χ0n) is 12.4. The normalized spacial score (nSPS) is 18.1. The van der Waals surface area contributed by atoms with E-state index in [1.54, 1.807) is 7.11 Å². The molecule has 1 aliphatic rings. The average Bonchev–Trinajstić information content (AvgIpc) is 2.77. The summed E-state index contributed by atoms with van der Waals surface area (Å²) in [6, 6.07) is 4.05. The van der Waals surface area contributed by atoms with Crippen molar-refractivity contribution in [2.45, 2.75) is 56.9 Å². The Kier molecular flexibility index (Phi) is 7.05. The number of ether oxygens (including phenoxy) is 1. The average molecular weight is 302 g/mol. The van der Waals surface area contributed by atoms with Gasteiger partial charge < -0.3 is 10.1 Å². The minimum Gasteiger partial charge on any atom is -0.377 e. The molecule has 0 aromatic heterocycles. The van der Waals surface area contributed by atoms with E-state index in [9.17, 15) is 0 Å². The predicted molar refractivity (Wildman–Crippen MR) is 86.4 cm³/mol. The maximum atomic E-state index is 6.18. The number of benzene rings is 1. The second kappa shape index (κ2) is 8.03. The van der Waals surface area contributed by atoms with Crippen LogP contribution < -0.4 is 5.32 Å². The number of hydrogen-bond donors (Lipinski definition) is 1. The molecule has 0 aliphatic carbocycles. The summed E-state index contributed by atoms with van der Waals surface area (Å²) in [5.74, 6) is 0. The monoisotopic (exact) mass is 301 g/mol. The molecule has 2 atom stereocenters. The third kappa shape index (κ3) is 4.04. The lowest BCUT2D eigenvalue weighted by atomic mass is 10.0. The summed E-state index contributed by atoms with van der Waals surface area (Å²) in [4.78, 5) is 1.23. The van der Waals surface area contributed by atoms with E-state index in [0.717, 1.165) is 17.9 Å². The molecule has 0 radical (unpaired) electrons. The van der Waals surface area contributed by atoms with Gasteiger partial charge in [-0.25, -0.2) is 0 Å². The van der Waals surface area contributed by atoms with Crippen LogP contribution in [0.1, 0.15) is 52.2 Å². The number of rotatable bonds is 4. The maximum absolute atomic E-state index is 6.18. The first-order valence-electron chi connectivity index (χ1n) is 6.95. The minimum absolute atomic E-state index is 0.130. The van der Waals surface area contributed by atoms with E-state index >= 15 is 0 Å². The Hall–Kier alpha value is -0.380. The van der Waals surface area contributed by atoms with Crippen LogP contribution >= 0.6 is 23.4 Å². The van der Waals surface area contributed by atoms with Crippen molar-refractivity contribution >= 4 is 29.1 Å². The van der Waals surface area contributed by atoms with Crippen molar-refractivity contribution in [1.29, 1.82) is 0 Å². The summed E-state index contributed by atoms with van der Waals surface area (Å²) >= 11 is 7.99. The molecule has 0 bridgehead atoms. The first kappa shape index (κ1) is 16.7. The SMILES string of the molecule is CC.CCCC(OC)c1cc(Cl)cc2c1NC(C)S2. The van der Waals surface area contributed by atoms with Gasteiger partial charge in [0.2, 0.25) is 0 Å². The van der Waals surface area contributed by atoms with Gasteiger partial charge in [0.1, 0.15) is 0 Å². The number of methoxy groups -OCH3 is 1. The van der Waals surface area contributed by atoms with Gasteiger partial charge in [-0.15, -0.1) is 0 Å². The van der Waals surface area contributed by atoms with E-state index in [-0.39, 0.29) is 6.10 Å². The van der Waals surface area contributed by atoms with E-state index in [1.807, 2.05) is 37.7 Å². The lowest BCUT2D eigenvalue weighted by Crippen LogP contribution is -2.08. The quantitative estimate of drug-likeness (QED) is 0.768. The van der Waals surface area contributed by atoms with Crippen LogP contribution in [0.2, 0.25) is 5.02 Å². The third-order valence-electron chi connectivity index (χ3n) is 2.93. The van der Waals surface area contributed by atoms with Crippen LogP contribution in [0.5, 0.6) is 0 Å². The van der Waals surface area contributed by atoms with Crippen molar-refractivity contribution in [3.05, 3.63) is 22.7 Å². The van der Waals surface area contributed by atoms with Gasteiger partial charge >= 0.3 is 0 Å². The number of anilines is 1. The highest BCUT2D eigenvalue weighted by Gasteiger charge is 2.25. The number of thioether (sulfide) groups is 1. The molecule has 1 aromatic rings. The lowest BCUT2D eigenvalue weighted by molar-refractivity contribution is 0.0954. The highest BCUT2D eigenvalue weighted by molar-refractivity contribution is 8.00. The second-order valence-electron chi connectivity index (χ2n) is 4.29. The van der Waals surface area contributed by atoms with Crippen LogP contribution in [0.25, 0.3) is 0 Å². The third-order valence-corrected chi connectivity index (χ3v) is 4.20. The molecule has 0 saturated heterocycles. The first-order chi connectivity index (χ1) is 9.15. The molecular weight excluding hydrogens is 278 g/mol. The van der Waals surface area contributed by atoms with Gasteiger partial charge in [-0.1, -0.05) is 50.6 Å². The van der Waals surface area contributed by atoms with Crippen molar-refractivity contribution in [3.63, 3.8) is 0 Å². The Morgan fingerprint density at radius 3 is 2.68 bits per heavy atom. The van der Waals surface area contributed by atoms with Crippen LogP contribution in [-0.2, 0) is 4.74 Å². The van der Waals surface area contributed by atoms with Crippen molar-refractivity contribution in [3.8, 4) is 0 Å². The summed E-state index contributed by atoms with van der Waals surface area (Å²) < 4.78 is 5.58. The van der Waals surface area contributed by atoms with Crippen molar-refractivity contribution in [1.82, 2.24) is 0 Å². The van der Waals surface area contributed by atoms with Crippen molar-refractivity contribution in [2.75, 3.05) is 12.4 Å². The molecule has 2 unspecified atom stereocenters. The molecule has 1 N–H and O–H groups in total. The van der Waals surface area contributed by atoms with Gasteiger partial charge in [-0.2, -0.15) is 0 Å². The molecule has 2 nitrogen and oxygen atoms in total. The van der Waals surface area contributed by atoms with Gasteiger partial charge in [0, 0.05) is 22.6 Å². The molecule has 0 saturated carbocycles.